The van der Waals surface area contributed by atoms with Gasteiger partial charge in [-0.2, -0.15) is 5.10 Å². The monoisotopic (exact) mass is 389 g/mol. The summed E-state index contributed by atoms with van der Waals surface area (Å²) in [5, 5.41) is 18.0. The number of benzene rings is 1. The number of carbonyl (C=O) groups is 2. The van der Waals surface area contributed by atoms with E-state index in [0.29, 0.717) is 11.5 Å². The van der Waals surface area contributed by atoms with Gasteiger partial charge in [0, 0.05) is 32.3 Å². The smallest absolute Gasteiger partial charge is 0.339 e. The van der Waals surface area contributed by atoms with Crippen molar-refractivity contribution < 1.29 is 19.2 Å². The molecule has 10 nitrogen and oxygen atoms in total. The van der Waals surface area contributed by atoms with E-state index in [0.717, 1.165) is 6.07 Å². The van der Waals surface area contributed by atoms with E-state index in [1.165, 1.54) is 19.1 Å². The molecule has 1 amide bonds. The van der Waals surface area contributed by atoms with Crippen LogP contribution < -0.4 is 10.2 Å². The van der Waals surface area contributed by atoms with E-state index in [1.54, 1.807) is 35.9 Å². The first-order valence-electron chi connectivity index (χ1n) is 8.63. The summed E-state index contributed by atoms with van der Waals surface area (Å²) in [4.78, 5) is 36.9. The number of anilines is 2. The molecule has 0 aliphatic heterocycles. The Kier molecular flexibility index (Phi) is 6.34. The second-order valence-electron chi connectivity index (χ2n) is 6.65. The fraction of sp³-hybridized carbons (Fsp3) is 0.389. The van der Waals surface area contributed by atoms with Crippen LogP contribution in [0.1, 0.15) is 37.2 Å². The summed E-state index contributed by atoms with van der Waals surface area (Å²) in [6, 6.07) is 5.69. The summed E-state index contributed by atoms with van der Waals surface area (Å²) in [6.45, 7) is 5.25. The number of esters is 1. The van der Waals surface area contributed by atoms with Crippen LogP contribution in [-0.4, -0.2) is 46.8 Å². The standard InChI is InChI=1S/C18H23N5O5/c1-11(2)22-16(8-9-19-22)20-17(24)12(3)28-18(25)13-6-7-14(21(4)5)15(10-13)23(26)27/h6-12H,1-5H3,(H,20,24)/t12-/m1/s1. The molecule has 1 aromatic carbocycles. The van der Waals surface area contributed by atoms with E-state index in [2.05, 4.69) is 10.4 Å². The second-order valence-corrected chi connectivity index (χ2v) is 6.65. The molecule has 0 aliphatic rings. The van der Waals surface area contributed by atoms with Crippen molar-refractivity contribution in [3.8, 4) is 0 Å². The molecule has 0 unspecified atom stereocenters. The van der Waals surface area contributed by atoms with Gasteiger partial charge in [-0.25, -0.2) is 9.48 Å². The average molecular weight is 389 g/mol. The number of rotatable bonds is 7. The molecule has 2 aromatic rings. The highest BCUT2D eigenvalue weighted by Crippen LogP contribution is 2.28. The van der Waals surface area contributed by atoms with Gasteiger partial charge in [0.15, 0.2) is 6.10 Å². The molecular weight excluding hydrogens is 366 g/mol. The summed E-state index contributed by atoms with van der Waals surface area (Å²) in [5.74, 6) is -0.877. The third kappa shape index (κ3) is 4.64. The number of aromatic nitrogens is 2. The Morgan fingerprint density at radius 2 is 1.93 bits per heavy atom. The molecule has 0 bridgehead atoms. The topological polar surface area (TPSA) is 120 Å². The van der Waals surface area contributed by atoms with Crippen LogP contribution in [0.4, 0.5) is 17.2 Å². The number of nitrogens with one attached hydrogen (secondary N) is 1. The predicted octanol–water partition coefficient (Wildman–Crippen LogP) is 2.62. The van der Waals surface area contributed by atoms with Gasteiger partial charge in [0.2, 0.25) is 0 Å². The van der Waals surface area contributed by atoms with Crippen LogP contribution in [0.3, 0.4) is 0 Å². The van der Waals surface area contributed by atoms with Gasteiger partial charge in [0.25, 0.3) is 11.6 Å². The zero-order valence-electron chi connectivity index (χ0n) is 16.4. The van der Waals surface area contributed by atoms with Gasteiger partial charge in [-0.05, 0) is 32.9 Å². The van der Waals surface area contributed by atoms with Gasteiger partial charge in [-0.1, -0.05) is 0 Å². The third-order valence-electron chi connectivity index (χ3n) is 3.95. The number of nitro groups is 1. The minimum absolute atomic E-state index is 0.0100. The maximum absolute atomic E-state index is 12.3. The summed E-state index contributed by atoms with van der Waals surface area (Å²) in [7, 11) is 3.32. The van der Waals surface area contributed by atoms with Crippen molar-refractivity contribution >= 4 is 29.1 Å². The molecule has 0 fully saturated rings. The Labute approximate surface area is 162 Å². The van der Waals surface area contributed by atoms with Crippen LogP contribution in [-0.2, 0) is 9.53 Å². The van der Waals surface area contributed by atoms with Crippen molar-refractivity contribution in [2.45, 2.75) is 32.9 Å². The fourth-order valence-electron chi connectivity index (χ4n) is 2.51. The quantitative estimate of drug-likeness (QED) is 0.439. The fourth-order valence-corrected chi connectivity index (χ4v) is 2.51. The molecule has 150 valence electrons. The molecule has 0 radical (unpaired) electrons. The number of amides is 1. The van der Waals surface area contributed by atoms with Gasteiger partial charge >= 0.3 is 5.97 Å². The number of nitrogens with zero attached hydrogens (tertiary/aromatic N) is 4. The predicted molar refractivity (Wildman–Crippen MR) is 104 cm³/mol. The molecule has 1 atom stereocenters. The minimum Gasteiger partial charge on any atom is -0.449 e. The third-order valence-corrected chi connectivity index (χ3v) is 3.95. The summed E-state index contributed by atoms with van der Waals surface area (Å²) >= 11 is 0. The highest BCUT2D eigenvalue weighted by molar-refractivity contribution is 5.97. The molecule has 0 saturated carbocycles. The highest BCUT2D eigenvalue weighted by Gasteiger charge is 2.23. The van der Waals surface area contributed by atoms with Gasteiger partial charge in [-0.15, -0.1) is 0 Å². The molecule has 0 aliphatic carbocycles. The second kappa shape index (κ2) is 8.51. The first kappa shape index (κ1) is 20.9. The van der Waals surface area contributed by atoms with Crippen LogP contribution in [0.15, 0.2) is 30.5 Å². The van der Waals surface area contributed by atoms with E-state index < -0.39 is 22.9 Å². The van der Waals surface area contributed by atoms with Gasteiger partial charge in [0.1, 0.15) is 11.5 Å². The van der Waals surface area contributed by atoms with Gasteiger partial charge in [0.05, 0.1) is 16.7 Å². The zero-order chi connectivity index (χ0) is 21.0. The Balaban J connectivity index is 2.11. The summed E-state index contributed by atoms with van der Waals surface area (Å²) in [6.07, 6.45) is 0.452. The lowest BCUT2D eigenvalue weighted by molar-refractivity contribution is -0.384. The Hall–Kier alpha value is -3.43. The Morgan fingerprint density at radius 3 is 2.50 bits per heavy atom. The van der Waals surface area contributed by atoms with Crippen molar-refractivity contribution in [2.24, 2.45) is 0 Å². The molecule has 1 N–H and O–H groups in total. The largest absolute Gasteiger partial charge is 0.449 e. The molecule has 1 aromatic heterocycles. The van der Waals surface area contributed by atoms with Crippen LogP contribution in [0.25, 0.3) is 0 Å². The highest BCUT2D eigenvalue weighted by atomic mass is 16.6. The van der Waals surface area contributed by atoms with E-state index in [4.69, 9.17) is 4.74 Å². The normalized spacial score (nSPS) is 11.8. The van der Waals surface area contributed by atoms with Crippen LogP contribution >= 0.6 is 0 Å². The van der Waals surface area contributed by atoms with Crippen molar-refractivity contribution in [2.75, 3.05) is 24.3 Å². The lowest BCUT2D eigenvalue weighted by atomic mass is 10.1. The number of nitro benzene ring substituents is 1. The van der Waals surface area contributed by atoms with Crippen molar-refractivity contribution in [3.05, 3.63) is 46.1 Å². The Morgan fingerprint density at radius 1 is 1.25 bits per heavy atom. The summed E-state index contributed by atoms with van der Waals surface area (Å²) in [5.41, 5.74) is 0.121. The maximum atomic E-state index is 12.3. The molecular formula is C18H23N5O5. The zero-order valence-corrected chi connectivity index (χ0v) is 16.4. The van der Waals surface area contributed by atoms with E-state index >= 15 is 0 Å². The van der Waals surface area contributed by atoms with Crippen molar-refractivity contribution in [1.29, 1.82) is 0 Å². The molecule has 28 heavy (non-hydrogen) atoms. The molecule has 2 rings (SSSR count). The first-order valence-corrected chi connectivity index (χ1v) is 8.63. The molecule has 1 heterocycles. The lowest BCUT2D eigenvalue weighted by Gasteiger charge is -2.16. The molecule has 0 spiro atoms. The van der Waals surface area contributed by atoms with Crippen molar-refractivity contribution in [3.63, 3.8) is 0 Å². The minimum atomic E-state index is -1.10. The molecule has 10 heteroatoms. The number of hydrogen-bond donors (Lipinski definition) is 1. The van der Waals surface area contributed by atoms with Crippen LogP contribution in [0, 0.1) is 10.1 Å². The Bertz CT molecular complexity index is 890. The van der Waals surface area contributed by atoms with E-state index in [1.807, 2.05) is 13.8 Å². The summed E-state index contributed by atoms with van der Waals surface area (Å²) < 4.78 is 6.79. The molecule has 0 saturated heterocycles. The van der Waals surface area contributed by atoms with E-state index in [-0.39, 0.29) is 17.3 Å². The number of hydrogen-bond acceptors (Lipinski definition) is 7. The van der Waals surface area contributed by atoms with Crippen molar-refractivity contribution in [1.82, 2.24) is 9.78 Å². The van der Waals surface area contributed by atoms with Gasteiger partial charge < -0.3 is 15.0 Å². The number of ether oxygens (including phenoxy) is 1. The van der Waals surface area contributed by atoms with E-state index in [9.17, 15) is 19.7 Å². The maximum Gasteiger partial charge on any atom is 0.339 e. The van der Waals surface area contributed by atoms with Gasteiger partial charge in [-0.3, -0.25) is 14.9 Å². The number of carbonyl (C=O) groups excluding carboxylic acids is 2. The SMILES string of the molecule is CC(C)n1nccc1NC(=O)[C@@H](C)OC(=O)c1ccc(N(C)C)c([N+](=O)[O-])c1. The lowest BCUT2D eigenvalue weighted by Crippen LogP contribution is -2.31. The van der Waals surface area contributed by atoms with Crippen LogP contribution in [0.5, 0.6) is 0 Å². The average Bonchev–Trinajstić information content (AvgIpc) is 3.09. The van der Waals surface area contributed by atoms with Crippen LogP contribution in [0.2, 0.25) is 0 Å². The first-order chi connectivity index (χ1) is 13.1.